The van der Waals surface area contributed by atoms with Gasteiger partial charge in [0.2, 0.25) is 0 Å². The second-order valence-electron chi connectivity index (χ2n) is 8.25. The molecule has 2 nitrogen and oxygen atoms in total. The van der Waals surface area contributed by atoms with Gasteiger partial charge in [0, 0.05) is 22.2 Å². The van der Waals surface area contributed by atoms with Crippen molar-refractivity contribution in [3.8, 4) is 11.3 Å². The molecule has 3 heteroatoms. The highest BCUT2D eigenvalue weighted by Crippen LogP contribution is 2.56. The van der Waals surface area contributed by atoms with Gasteiger partial charge in [0.05, 0.1) is 11.5 Å². The molecule has 1 N–H and O–H groups in total. The van der Waals surface area contributed by atoms with E-state index in [1.165, 1.54) is 61.4 Å². The van der Waals surface area contributed by atoms with Crippen LogP contribution in [-0.2, 0) is 5.41 Å². The lowest BCUT2D eigenvalue weighted by Gasteiger charge is -2.26. The number of aromatic nitrogens is 2. The van der Waals surface area contributed by atoms with Crippen molar-refractivity contribution >= 4 is 0 Å². The first-order chi connectivity index (χ1) is 13.1. The number of aromatic amines is 1. The molecule has 2 fully saturated rings. The molecule has 27 heavy (non-hydrogen) atoms. The third kappa shape index (κ3) is 3.52. The Morgan fingerprint density at radius 3 is 2.41 bits per heavy atom. The molecule has 1 heterocycles. The minimum atomic E-state index is -0.146. The normalized spacial score (nSPS) is 20.7. The first kappa shape index (κ1) is 18.2. The highest BCUT2D eigenvalue weighted by molar-refractivity contribution is 5.67. The zero-order chi connectivity index (χ0) is 18.9. The van der Waals surface area contributed by atoms with Crippen molar-refractivity contribution in [3.63, 3.8) is 0 Å². The third-order valence-corrected chi connectivity index (χ3v) is 6.41. The molecule has 2 aliphatic rings. The quantitative estimate of drug-likeness (QED) is 0.570. The molecule has 0 unspecified atom stereocenters. The molecule has 0 amide bonds. The first-order valence-electron chi connectivity index (χ1n) is 10.3. The van der Waals surface area contributed by atoms with Crippen LogP contribution in [0.5, 0.6) is 0 Å². The van der Waals surface area contributed by atoms with E-state index >= 15 is 0 Å². The maximum absolute atomic E-state index is 13.3. The number of hydrogen-bond donors (Lipinski definition) is 1. The van der Waals surface area contributed by atoms with Crippen LogP contribution in [-0.4, -0.2) is 10.2 Å². The number of nitrogens with one attached hydrogen (secondary N) is 1. The summed E-state index contributed by atoms with van der Waals surface area (Å²) in [7, 11) is 0. The predicted molar refractivity (Wildman–Crippen MR) is 109 cm³/mol. The van der Waals surface area contributed by atoms with E-state index in [-0.39, 0.29) is 11.2 Å². The van der Waals surface area contributed by atoms with Gasteiger partial charge in [0.25, 0.3) is 0 Å². The van der Waals surface area contributed by atoms with Crippen molar-refractivity contribution in [2.45, 2.75) is 70.1 Å². The number of H-pyrrole nitrogens is 1. The molecular weight excluding hydrogens is 335 g/mol. The number of benzene rings is 1. The van der Waals surface area contributed by atoms with Crippen molar-refractivity contribution < 1.29 is 4.39 Å². The molecule has 4 rings (SSSR count). The van der Waals surface area contributed by atoms with Crippen molar-refractivity contribution in [2.75, 3.05) is 0 Å². The fourth-order valence-corrected chi connectivity index (χ4v) is 4.69. The van der Waals surface area contributed by atoms with E-state index in [1.54, 1.807) is 6.08 Å². The minimum absolute atomic E-state index is 0.0127. The zero-order valence-corrected chi connectivity index (χ0v) is 16.4. The van der Waals surface area contributed by atoms with Crippen LogP contribution in [0.3, 0.4) is 0 Å². The highest BCUT2D eigenvalue weighted by Gasteiger charge is 2.49. The molecule has 0 aliphatic heterocycles. The fraction of sp³-hybridized carbons (Fsp3) is 0.458. The summed E-state index contributed by atoms with van der Waals surface area (Å²) >= 11 is 0. The maximum Gasteiger partial charge on any atom is 0.0968 e. The zero-order valence-electron chi connectivity index (χ0n) is 16.4. The van der Waals surface area contributed by atoms with E-state index in [0.717, 1.165) is 18.5 Å². The molecule has 2 saturated carbocycles. The molecule has 2 aliphatic carbocycles. The number of nitrogens with zero attached hydrogens (tertiary/aromatic N) is 1. The molecule has 0 saturated heterocycles. The van der Waals surface area contributed by atoms with Gasteiger partial charge in [-0.25, -0.2) is 4.39 Å². The Morgan fingerprint density at radius 2 is 1.78 bits per heavy atom. The van der Waals surface area contributed by atoms with Crippen LogP contribution >= 0.6 is 0 Å². The Hall–Kier alpha value is -2.16. The Balaban J connectivity index is 1.80. The number of hydrogen-bond acceptors (Lipinski definition) is 1. The van der Waals surface area contributed by atoms with Gasteiger partial charge >= 0.3 is 0 Å². The maximum atomic E-state index is 13.3. The third-order valence-electron chi connectivity index (χ3n) is 6.41. The van der Waals surface area contributed by atoms with Crippen LogP contribution in [0.2, 0.25) is 0 Å². The fourth-order valence-electron chi connectivity index (χ4n) is 4.69. The van der Waals surface area contributed by atoms with Gasteiger partial charge < -0.3 is 0 Å². The Kier molecular flexibility index (Phi) is 5.03. The highest BCUT2D eigenvalue weighted by atomic mass is 19.1. The van der Waals surface area contributed by atoms with E-state index in [2.05, 4.69) is 42.4 Å². The van der Waals surface area contributed by atoms with Crippen LogP contribution in [0.15, 0.2) is 53.9 Å². The molecule has 0 spiro atoms. The number of halogens is 1. The van der Waals surface area contributed by atoms with Gasteiger partial charge in [0.15, 0.2) is 0 Å². The van der Waals surface area contributed by atoms with E-state index in [4.69, 9.17) is 5.10 Å². The lowest BCUT2D eigenvalue weighted by Crippen LogP contribution is -2.15. The number of rotatable bonds is 5. The molecule has 1 aromatic carbocycles. The number of allylic oxidation sites excluding steroid dienone is 4. The second kappa shape index (κ2) is 7.46. The summed E-state index contributed by atoms with van der Waals surface area (Å²) in [6.45, 7) is 3.64. The van der Waals surface area contributed by atoms with Crippen molar-refractivity contribution in [3.05, 3.63) is 65.1 Å². The summed E-state index contributed by atoms with van der Waals surface area (Å²) < 4.78 is 13.3. The summed E-state index contributed by atoms with van der Waals surface area (Å²) in [5.74, 6) is 0.429. The molecule has 1 aromatic heterocycles. The first-order valence-corrected chi connectivity index (χ1v) is 10.3. The summed E-state index contributed by atoms with van der Waals surface area (Å²) in [5, 5.41) is 8.24. The van der Waals surface area contributed by atoms with Gasteiger partial charge in [-0.2, -0.15) is 5.10 Å². The lowest BCUT2D eigenvalue weighted by molar-refractivity contribution is 0.440. The second-order valence-corrected chi connectivity index (χ2v) is 8.25. The van der Waals surface area contributed by atoms with E-state index in [9.17, 15) is 4.39 Å². The van der Waals surface area contributed by atoms with Gasteiger partial charge in [-0.3, -0.25) is 5.10 Å². The summed E-state index contributed by atoms with van der Waals surface area (Å²) in [6, 6.07) is 10.5. The topological polar surface area (TPSA) is 28.7 Å². The van der Waals surface area contributed by atoms with Gasteiger partial charge in [-0.05, 0) is 51.5 Å². The van der Waals surface area contributed by atoms with Crippen LogP contribution in [0.25, 0.3) is 11.3 Å². The van der Waals surface area contributed by atoms with E-state index < -0.39 is 0 Å². The minimum Gasteiger partial charge on any atom is -0.281 e. The van der Waals surface area contributed by atoms with Crippen LogP contribution < -0.4 is 0 Å². The molecule has 0 bridgehead atoms. The predicted octanol–water partition coefficient (Wildman–Crippen LogP) is 6.98. The Bertz CT molecular complexity index is 846. The van der Waals surface area contributed by atoms with Crippen molar-refractivity contribution in [1.82, 2.24) is 10.2 Å². The largest absolute Gasteiger partial charge is 0.281 e. The van der Waals surface area contributed by atoms with E-state index in [1.807, 2.05) is 6.08 Å². The summed E-state index contributed by atoms with van der Waals surface area (Å²) in [4.78, 5) is 0. The SMILES string of the molecule is C/C(F)=C\C=C(/C)C1(c2[nH]nc(-c3ccccc3)c2C2CCCCC2)CC1. The van der Waals surface area contributed by atoms with Crippen molar-refractivity contribution in [2.24, 2.45) is 0 Å². The molecule has 142 valence electrons. The Morgan fingerprint density at radius 1 is 1.07 bits per heavy atom. The van der Waals surface area contributed by atoms with E-state index in [0.29, 0.717) is 5.92 Å². The van der Waals surface area contributed by atoms with Crippen LogP contribution in [0, 0.1) is 0 Å². The van der Waals surface area contributed by atoms with Gasteiger partial charge in [0.1, 0.15) is 0 Å². The molecular formula is C24H29FN2. The molecule has 0 atom stereocenters. The average Bonchev–Trinajstić information content (AvgIpc) is 3.39. The van der Waals surface area contributed by atoms with Crippen molar-refractivity contribution in [1.29, 1.82) is 0 Å². The standard InChI is InChI=1S/C24H29FN2/c1-17(13-14-18(2)25)24(15-16-24)23-21(19-9-5-3-6-10-19)22(26-27-23)20-11-7-4-8-12-20/h4,7-8,11-14,19H,3,5-6,9-10,15-16H2,1-2H3,(H,26,27)/b17-13+,18-14+. The smallest absolute Gasteiger partial charge is 0.0968 e. The monoisotopic (exact) mass is 364 g/mol. The van der Waals surface area contributed by atoms with Gasteiger partial charge in [-0.15, -0.1) is 0 Å². The molecule has 0 radical (unpaired) electrons. The lowest BCUT2D eigenvalue weighted by atomic mass is 9.78. The molecule has 2 aromatic rings. The van der Waals surface area contributed by atoms with Gasteiger partial charge in [-0.1, -0.05) is 61.2 Å². The Labute approximate surface area is 161 Å². The summed E-state index contributed by atoms with van der Waals surface area (Å²) in [5.41, 5.74) is 6.27. The van der Waals surface area contributed by atoms with Crippen LogP contribution in [0.4, 0.5) is 4.39 Å². The van der Waals surface area contributed by atoms with Crippen LogP contribution in [0.1, 0.15) is 76.0 Å². The summed E-state index contributed by atoms with van der Waals surface area (Å²) in [6.07, 6.45) is 12.2. The average molecular weight is 365 g/mol.